The molecule has 13 heavy (non-hydrogen) atoms. The second-order valence-corrected chi connectivity index (χ2v) is 3.07. The summed E-state index contributed by atoms with van der Waals surface area (Å²) in [7, 11) is 7.36. The van der Waals surface area contributed by atoms with Gasteiger partial charge in [0.1, 0.15) is 7.85 Å². The number of aryl methyl sites for hydroxylation is 1. The summed E-state index contributed by atoms with van der Waals surface area (Å²) in [4.78, 5) is 0. The first-order valence-electron chi connectivity index (χ1n) is 4.16. The van der Waals surface area contributed by atoms with Gasteiger partial charge in [-0.2, -0.15) is 0 Å². The van der Waals surface area contributed by atoms with E-state index >= 15 is 0 Å². The van der Waals surface area contributed by atoms with E-state index in [4.69, 9.17) is 17.7 Å². The van der Waals surface area contributed by atoms with Crippen molar-refractivity contribution in [1.82, 2.24) is 0 Å². The maximum Gasteiger partial charge on any atom is 0.114 e. The highest BCUT2D eigenvalue weighted by atomic mass is 16.5. The van der Waals surface area contributed by atoms with Crippen molar-refractivity contribution in [3.63, 3.8) is 0 Å². The molecular weight excluding hydrogens is 163 g/mol. The van der Waals surface area contributed by atoms with Gasteiger partial charge < -0.3 is 9.84 Å². The molecule has 2 nitrogen and oxygen atoms in total. The van der Waals surface area contributed by atoms with Gasteiger partial charge in [0, 0.05) is 7.11 Å². The lowest BCUT2D eigenvalue weighted by atomic mass is 9.87. The third kappa shape index (κ3) is 2.33. The van der Waals surface area contributed by atoms with Crippen LogP contribution in [0, 0.1) is 6.92 Å². The molecule has 68 valence electrons. The zero-order chi connectivity index (χ0) is 9.84. The van der Waals surface area contributed by atoms with Crippen LogP contribution >= 0.6 is 0 Å². The first-order chi connectivity index (χ1) is 6.19. The van der Waals surface area contributed by atoms with Crippen molar-refractivity contribution in [2.45, 2.75) is 20.1 Å². The van der Waals surface area contributed by atoms with Gasteiger partial charge in [0.15, 0.2) is 0 Å². The van der Waals surface area contributed by atoms with Crippen molar-refractivity contribution in [2.24, 2.45) is 0 Å². The summed E-state index contributed by atoms with van der Waals surface area (Å²) >= 11 is 0. The van der Waals surface area contributed by atoms with E-state index in [0.29, 0.717) is 12.1 Å². The zero-order valence-corrected chi connectivity index (χ0v) is 8.00. The molecule has 0 aliphatic carbocycles. The molecule has 0 spiro atoms. The number of ether oxygens (including phenoxy) is 1. The number of hydrogen-bond acceptors (Lipinski definition) is 2. The summed E-state index contributed by atoms with van der Waals surface area (Å²) in [5.74, 6) is 0. The van der Waals surface area contributed by atoms with E-state index in [0.717, 1.165) is 16.7 Å². The van der Waals surface area contributed by atoms with Crippen LogP contribution in [0.1, 0.15) is 16.7 Å². The Morgan fingerprint density at radius 3 is 2.62 bits per heavy atom. The van der Waals surface area contributed by atoms with Crippen molar-refractivity contribution in [1.29, 1.82) is 0 Å². The second-order valence-electron chi connectivity index (χ2n) is 3.07. The highest BCUT2D eigenvalue weighted by Crippen LogP contribution is 2.09. The Balaban J connectivity index is 3.05. The minimum atomic E-state index is -0.0140. The van der Waals surface area contributed by atoms with Gasteiger partial charge in [-0.3, -0.25) is 0 Å². The highest BCUT2D eigenvalue weighted by molar-refractivity contribution is 6.33. The second kappa shape index (κ2) is 4.44. The van der Waals surface area contributed by atoms with Crippen LogP contribution in [0.3, 0.4) is 0 Å². The summed E-state index contributed by atoms with van der Waals surface area (Å²) in [6.07, 6.45) is 0. The summed E-state index contributed by atoms with van der Waals surface area (Å²) < 4.78 is 5.02. The average Bonchev–Trinajstić information content (AvgIpc) is 2.11. The van der Waals surface area contributed by atoms with Gasteiger partial charge in [0.2, 0.25) is 0 Å². The predicted molar refractivity (Wildman–Crippen MR) is 53.2 cm³/mol. The predicted octanol–water partition coefficient (Wildman–Crippen LogP) is 0.428. The molecule has 0 atom stereocenters. The number of benzene rings is 1. The van der Waals surface area contributed by atoms with E-state index in [1.165, 1.54) is 0 Å². The van der Waals surface area contributed by atoms with Crippen LogP contribution in [0.15, 0.2) is 12.1 Å². The molecule has 1 rings (SSSR count). The molecule has 0 fully saturated rings. The topological polar surface area (TPSA) is 29.5 Å². The van der Waals surface area contributed by atoms with Crippen molar-refractivity contribution in [2.75, 3.05) is 7.11 Å². The average molecular weight is 176 g/mol. The molecule has 2 radical (unpaired) electrons. The van der Waals surface area contributed by atoms with Gasteiger partial charge in [-0.1, -0.05) is 17.6 Å². The molecule has 0 aromatic heterocycles. The van der Waals surface area contributed by atoms with Crippen LogP contribution in [0.25, 0.3) is 0 Å². The lowest BCUT2D eigenvalue weighted by Gasteiger charge is -2.10. The van der Waals surface area contributed by atoms with Gasteiger partial charge in [-0.05, 0) is 23.6 Å². The van der Waals surface area contributed by atoms with E-state index in [2.05, 4.69) is 0 Å². The smallest absolute Gasteiger partial charge is 0.114 e. The fourth-order valence-corrected chi connectivity index (χ4v) is 1.28. The Bertz CT molecular complexity index is 297. The van der Waals surface area contributed by atoms with Crippen molar-refractivity contribution in [3.8, 4) is 0 Å². The molecule has 1 aromatic carbocycles. The van der Waals surface area contributed by atoms with Crippen LogP contribution in [-0.2, 0) is 18.0 Å². The monoisotopic (exact) mass is 176 g/mol. The standard InChI is InChI=1S/C10H13BO2/c1-7-3-8(5-12)10(11)4-9(7)6-13-2/h3-4,12H,5-6H2,1-2H3. The van der Waals surface area contributed by atoms with Crippen LogP contribution in [0.4, 0.5) is 0 Å². The normalized spacial score (nSPS) is 10.4. The first-order valence-corrected chi connectivity index (χ1v) is 4.16. The van der Waals surface area contributed by atoms with Crippen LogP contribution in [0.5, 0.6) is 0 Å². The SMILES string of the molecule is [B]c1cc(COC)c(C)cc1CO. The Labute approximate surface area is 80.0 Å². The lowest BCUT2D eigenvalue weighted by molar-refractivity contribution is 0.184. The molecule has 0 saturated carbocycles. The van der Waals surface area contributed by atoms with E-state index in [1.54, 1.807) is 7.11 Å². The van der Waals surface area contributed by atoms with Crippen molar-refractivity contribution in [3.05, 3.63) is 28.8 Å². The Morgan fingerprint density at radius 1 is 1.38 bits per heavy atom. The molecule has 3 heteroatoms. The van der Waals surface area contributed by atoms with E-state index in [1.807, 2.05) is 19.1 Å². The molecule has 0 bridgehead atoms. The number of methoxy groups -OCH3 is 1. The van der Waals surface area contributed by atoms with Crippen molar-refractivity contribution >= 4 is 13.3 Å². The van der Waals surface area contributed by atoms with Crippen LogP contribution < -0.4 is 5.46 Å². The molecule has 0 aliphatic rings. The molecule has 0 amide bonds. The van der Waals surface area contributed by atoms with E-state index in [-0.39, 0.29) is 6.61 Å². The fourth-order valence-electron chi connectivity index (χ4n) is 1.28. The molecule has 1 aromatic rings. The Hall–Kier alpha value is -0.795. The minimum absolute atomic E-state index is 0.0140. The molecule has 0 aliphatic heterocycles. The van der Waals surface area contributed by atoms with Gasteiger partial charge >= 0.3 is 0 Å². The highest BCUT2D eigenvalue weighted by Gasteiger charge is 2.02. The molecule has 0 unspecified atom stereocenters. The first kappa shape index (κ1) is 10.3. The molecule has 0 saturated heterocycles. The van der Waals surface area contributed by atoms with Gasteiger partial charge in [-0.15, -0.1) is 0 Å². The number of aliphatic hydroxyl groups excluding tert-OH is 1. The maximum atomic E-state index is 8.95. The van der Waals surface area contributed by atoms with Crippen LogP contribution in [0.2, 0.25) is 0 Å². The third-order valence-corrected chi connectivity index (χ3v) is 2.07. The quantitative estimate of drug-likeness (QED) is 0.676. The van der Waals surface area contributed by atoms with Gasteiger partial charge in [0.05, 0.1) is 13.2 Å². The van der Waals surface area contributed by atoms with E-state index in [9.17, 15) is 0 Å². The van der Waals surface area contributed by atoms with Crippen molar-refractivity contribution < 1.29 is 9.84 Å². The van der Waals surface area contributed by atoms with Gasteiger partial charge in [0.25, 0.3) is 0 Å². The fraction of sp³-hybridized carbons (Fsp3) is 0.400. The van der Waals surface area contributed by atoms with Gasteiger partial charge in [-0.25, -0.2) is 0 Å². The summed E-state index contributed by atoms with van der Waals surface area (Å²) in [6, 6.07) is 3.74. The molecule has 0 heterocycles. The maximum absolute atomic E-state index is 8.95. The number of rotatable bonds is 3. The third-order valence-electron chi connectivity index (χ3n) is 2.07. The summed E-state index contributed by atoms with van der Waals surface area (Å²) in [6.45, 7) is 2.52. The number of aliphatic hydroxyl groups is 1. The Morgan fingerprint density at radius 2 is 2.08 bits per heavy atom. The summed E-state index contributed by atoms with van der Waals surface area (Å²) in [5.41, 5.74) is 3.56. The zero-order valence-electron chi connectivity index (χ0n) is 8.00. The molecule has 1 N–H and O–H groups in total. The van der Waals surface area contributed by atoms with E-state index < -0.39 is 0 Å². The number of hydrogen-bond donors (Lipinski definition) is 1. The lowest BCUT2D eigenvalue weighted by Crippen LogP contribution is -2.13. The van der Waals surface area contributed by atoms with Crippen LogP contribution in [-0.4, -0.2) is 20.1 Å². The Kier molecular flexibility index (Phi) is 3.52. The minimum Gasteiger partial charge on any atom is -0.392 e. The summed E-state index contributed by atoms with van der Waals surface area (Å²) in [5, 5.41) is 8.95. The molecular formula is C10H13BO2. The largest absolute Gasteiger partial charge is 0.392 e.